The molecule has 1 aromatic carbocycles. The summed E-state index contributed by atoms with van der Waals surface area (Å²) in [6.45, 7) is 9.55. The van der Waals surface area contributed by atoms with E-state index in [0.29, 0.717) is 0 Å². The van der Waals surface area contributed by atoms with E-state index in [1.807, 2.05) is 52.0 Å². The minimum atomic E-state index is -0.458. The second-order valence-corrected chi connectivity index (χ2v) is 7.16. The summed E-state index contributed by atoms with van der Waals surface area (Å²) in [5.41, 5.74) is 0.679. The second-order valence-electron chi connectivity index (χ2n) is 5.74. The van der Waals surface area contributed by atoms with E-state index in [2.05, 4.69) is 5.32 Å². The first-order valence-corrected chi connectivity index (χ1v) is 7.34. The molecule has 106 valence electrons. The maximum absolute atomic E-state index is 12.0. The topological polar surface area (TPSA) is 49.3 Å². The lowest BCUT2D eigenvalue weighted by Gasteiger charge is -2.23. The number of aliphatic hydroxyl groups is 1. The molecule has 4 heteroatoms. The van der Waals surface area contributed by atoms with Gasteiger partial charge in [0.25, 0.3) is 0 Å². The minimum Gasteiger partial charge on any atom is -0.389 e. The van der Waals surface area contributed by atoms with Crippen LogP contribution in [0.3, 0.4) is 0 Å². The van der Waals surface area contributed by atoms with Crippen LogP contribution in [0.5, 0.6) is 0 Å². The number of rotatable bonds is 4. The lowest BCUT2D eigenvalue weighted by molar-refractivity contribution is -0.121. The van der Waals surface area contributed by atoms with Crippen molar-refractivity contribution in [3.05, 3.63) is 29.8 Å². The average molecular weight is 281 g/mol. The van der Waals surface area contributed by atoms with E-state index < -0.39 is 6.10 Å². The fraction of sp³-hybridized carbons (Fsp3) is 0.533. The Balaban J connectivity index is 2.61. The van der Waals surface area contributed by atoms with Crippen LogP contribution in [0.25, 0.3) is 0 Å². The van der Waals surface area contributed by atoms with Crippen LogP contribution < -0.4 is 5.32 Å². The van der Waals surface area contributed by atoms with Crippen molar-refractivity contribution in [3.63, 3.8) is 0 Å². The molecule has 2 atom stereocenters. The molecule has 0 aromatic heterocycles. The standard InChI is InChI=1S/C15H23NO2S/c1-10(17)12-6-8-13(9-7-12)19-11(2)14(18)16-15(3,4)5/h6-11,17H,1-5H3,(H,16,18). The van der Waals surface area contributed by atoms with Gasteiger partial charge in [0, 0.05) is 10.4 Å². The number of aliphatic hydroxyl groups excluding tert-OH is 1. The van der Waals surface area contributed by atoms with Gasteiger partial charge in [-0.05, 0) is 52.3 Å². The molecule has 3 nitrogen and oxygen atoms in total. The molecule has 0 saturated carbocycles. The van der Waals surface area contributed by atoms with E-state index in [-0.39, 0.29) is 16.7 Å². The number of hydrogen-bond acceptors (Lipinski definition) is 3. The smallest absolute Gasteiger partial charge is 0.233 e. The Morgan fingerprint density at radius 1 is 1.21 bits per heavy atom. The fourth-order valence-corrected chi connectivity index (χ4v) is 2.42. The summed E-state index contributed by atoms with van der Waals surface area (Å²) in [4.78, 5) is 13.0. The molecule has 1 aromatic rings. The minimum absolute atomic E-state index is 0.0390. The molecule has 0 bridgehead atoms. The van der Waals surface area contributed by atoms with Crippen molar-refractivity contribution in [2.45, 2.75) is 56.4 Å². The Kier molecular flexibility index (Phi) is 5.44. The Hall–Kier alpha value is -1.00. The molecule has 0 aliphatic rings. The van der Waals surface area contributed by atoms with Crippen LogP contribution in [-0.2, 0) is 4.79 Å². The molecule has 0 heterocycles. The van der Waals surface area contributed by atoms with Gasteiger partial charge in [0.05, 0.1) is 11.4 Å². The zero-order valence-corrected chi connectivity index (χ0v) is 13.0. The van der Waals surface area contributed by atoms with Crippen molar-refractivity contribution in [2.24, 2.45) is 0 Å². The fourth-order valence-electron chi connectivity index (χ4n) is 1.55. The molecule has 0 aliphatic carbocycles. The largest absolute Gasteiger partial charge is 0.389 e. The van der Waals surface area contributed by atoms with Gasteiger partial charge >= 0.3 is 0 Å². The van der Waals surface area contributed by atoms with Gasteiger partial charge in [0.15, 0.2) is 0 Å². The number of thioether (sulfide) groups is 1. The van der Waals surface area contributed by atoms with Gasteiger partial charge in [0.2, 0.25) is 5.91 Å². The number of carbonyl (C=O) groups is 1. The van der Waals surface area contributed by atoms with Gasteiger partial charge in [0.1, 0.15) is 0 Å². The van der Waals surface area contributed by atoms with Crippen LogP contribution in [0, 0.1) is 0 Å². The summed E-state index contributed by atoms with van der Waals surface area (Å²) in [6, 6.07) is 7.66. The summed E-state index contributed by atoms with van der Waals surface area (Å²) in [6.07, 6.45) is -0.458. The highest BCUT2D eigenvalue weighted by Crippen LogP contribution is 2.25. The molecular weight excluding hydrogens is 258 g/mol. The molecule has 2 N–H and O–H groups in total. The van der Waals surface area contributed by atoms with Crippen molar-refractivity contribution >= 4 is 17.7 Å². The Bertz CT molecular complexity index is 421. The lowest BCUT2D eigenvalue weighted by Crippen LogP contribution is -2.44. The number of benzene rings is 1. The molecule has 0 radical (unpaired) electrons. The predicted molar refractivity (Wildman–Crippen MR) is 80.3 cm³/mol. The van der Waals surface area contributed by atoms with E-state index >= 15 is 0 Å². The monoisotopic (exact) mass is 281 g/mol. The van der Waals surface area contributed by atoms with Crippen LogP contribution in [0.4, 0.5) is 0 Å². The highest BCUT2D eigenvalue weighted by molar-refractivity contribution is 8.00. The number of carbonyl (C=O) groups excluding carboxylic acids is 1. The van der Waals surface area contributed by atoms with E-state index in [4.69, 9.17) is 0 Å². The summed E-state index contributed by atoms with van der Waals surface area (Å²) < 4.78 is 0. The zero-order valence-electron chi connectivity index (χ0n) is 12.2. The summed E-state index contributed by atoms with van der Waals surface area (Å²) >= 11 is 1.52. The number of hydrogen-bond donors (Lipinski definition) is 2. The van der Waals surface area contributed by atoms with E-state index in [1.54, 1.807) is 6.92 Å². The van der Waals surface area contributed by atoms with Crippen LogP contribution in [0.2, 0.25) is 0 Å². The molecule has 0 saturated heterocycles. The second kappa shape index (κ2) is 6.44. The van der Waals surface area contributed by atoms with Crippen molar-refractivity contribution < 1.29 is 9.90 Å². The third-order valence-electron chi connectivity index (χ3n) is 2.54. The van der Waals surface area contributed by atoms with Crippen molar-refractivity contribution in [1.29, 1.82) is 0 Å². The predicted octanol–water partition coefficient (Wildman–Crippen LogP) is 3.14. The van der Waals surface area contributed by atoms with E-state index in [9.17, 15) is 9.90 Å². The Morgan fingerprint density at radius 3 is 2.16 bits per heavy atom. The lowest BCUT2D eigenvalue weighted by atomic mass is 10.1. The molecule has 0 spiro atoms. The summed E-state index contributed by atoms with van der Waals surface area (Å²) in [5.74, 6) is 0.0390. The third kappa shape index (κ3) is 5.66. The molecule has 19 heavy (non-hydrogen) atoms. The quantitative estimate of drug-likeness (QED) is 0.834. The SMILES string of the molecule is CC(Sc1ccc(C(C)O)cc1)C(=O)NC(C)(C)C. The first kappa shape index (κ1) is 16.1. The number of nitrogens with one attached hydrogen (secondary N) is 1. The molecule has 2 unspecified atom stereocenters. The first-order chi connectivity index (χ1) is 8.69. The molecule has 0 fully saturated rings. The van der Waals surface area contributed by atoms with Crippen LogP contribution in [0.1, 0.15) is 46.3 Å². The van der Waals surface area contributed by atoms with Gasteiger partial charge in [-0.25, -0.2) is 0 Å². The summed E-state index contributed by atoms with van der Waals surface area (Å²) in [7, 11) is 0. The van der Waals surface area contributed by atoms with Gasteiger partial charge in [-0.1, -0.05) is 12.1 Å². The van der Waals surface area contributed by atoms with Gasteiger partial charge in [-0.2, -0.15) is 0 Å². The third-order valence-corrected chi connectivity index (χ3v) is 3.65. The number of amides is 1. The van der Waals surface area contributed by atoms with Crippen molar-refractivity contribution in [3.8, 4) is 0 Å². The highest BCUT2D eigenvalue weighted by atomic mass is 32.2. The highest BCUT2D eigenvalue weighted by Gasteiger charge is 2.19. The Morgan fingerprint density at radius 2 is 1.74 bits per heavy atom. The first-order valence-electron chi connectivity index (χ1n) is 6.46. The van der Waals surface area contributed by atoms with Gasteiger partial charge < -0.3 is 10.4 Å². The maximum Gasteiger partial charge on any atom is 0.233 e. The van der Waals surface area contributed by atoms with Crippen LogP contribution in [-0.4, -0.2) is 21.8 Å². The van der Waals surface area contributed by atoms with E-state index in [1.165, 1.54) is 11.8 Å². The van der Waals surface area contributed by atoms with Crippen LogP contribution >= 0.6 is 11.8 Å². The maximum atomic E-state index is 12.0. The normalized spacial score (nSPS) is 14.8. The molecule has 1 rings (SSSR count). The molecule has 1 amide bonds. The van der Waals surface area contributed by atoms with Crippen LogP contribution in [0.15, 0.2) is 29.2 Å². The Labute approximate surface area is 119 Å². The van der Waals surface area contributed by atoms with Gasteiger partial charge in [-0.3, -0.25) is 4.79 Å². The van der Waals surface area contributed by atoms with Crippen molar-refractivity contribution in [2.75, 3.05) is 0 Å². The van der Waals surface area contributed by atoms with Gasteiger partial charge in [-0.15, -0.1) is 11.8 Å². The van der Waals surface area contributed by atoms with E-state index in [0.717, 1.165) is 10.5 Å². The van der Waals surface area contributed by atoms with Crippen molar-refractivity contribution in [1.82, 2.24) is 5.32 Å². The molecular formula is C15H23NO2S. The zero-order chi connectivity index (χ0) is 14.6. The molecule has 0 aliphatic heterocycles. The summed E-state index contributed by atoms with van der Waals surface area (Å²) in [5, 5.41) is 12.3. The average Bonchev–Trinajstić information content (AvgIpc) is 2.27.